The average Bonchev–Trinajstić information content (AvgIpc) is 2.30. The SMILES string of the molecule is Cc1ccc(Br)cc1C(=O)NC(CBr)CC(C)C. The molecular formula is C14H19Br2NO. The standard InChI is InChI=1S/C14H19Br2NO/c1-9(2)6-12(8-15)17-14(18)13-7-11(16)5-4-10(13)3/h4-5,7,9,12H,6,8H2,1-3H3,(H,17,18). The van der Waals surface area contributed by atoms with E-state index < -0.39 is 0 Å². The molecule has 0 radical (unpaired) electrons. The number of benzene rings is 1. The molecule has 1 unspecified atom stereocenters. The highest BCUT2D eigenvalue weighted by Gasteiger charge is 2.15. The van der Waals surface area contributed by atoms with E-state index in [9.17, 15) is 4.79 Å². The predicted molar refractivity (Wildman–Crippen MR) is 83.4 cm³/mol. The molecule has 18 heavy (non-hydrogen) atoms. The molecule has 0 aliphatic rings. The number of hydrogen-bond acceptors (Lipinski definition) is 1. The first-order chi connectivity index (χ1) is 8.43. The molecule has 0 saturated heterocycles. The lowest BCUT2D eigenvalue weighted by Crippen LogP contribution is -2.37. The molecule has 1 atom stereocenters. The summed E-state index contributed by atoms with van der Waals surface area (Å²) >= 11 is 6.85. The fourth-order valence-electron chi connectivity index (χ4n) is 1.83. The summed E-state index contributed by atoms with van der Waals surface area (Å²) in [6, 6.07) is 5.94. The van der Waals surface area contributed by atoms with Crippen LogP contribution in [-0.4, -0.2) is 17.3 Å². The minimum Gasteiger partial charge on any atom is -0.348 e. The molecule has 0 saturated carbocycles. The van der Waals surface area contributed by atoms with Gasteiger partial charge in [-0.1, -0.05) is 51.8 Å². The molecule has 0 aromatic heterocycles. The summed E-state index contributed by atoms with van der Waals surface area (Å²) < 4.78 is 0.928. The van der Waals surface area contributed by atoms with E-state index in [2.05, 4.69) is 51.0 Å². The maximum absolute atomic E-state index is 12.2. The molecule has 1 rings (SSSR count). The van der Waals surface area contributed by atoms with Crippen LogP contribution < -0.4 is 5.32 Å². The van der Waals surface area contributed by atoms with Crippen molar-refractivity contribution in [3.05, 3.63) is 33.8 Å². The van der Waals surface area contributed by atoms with Crippen molar-refractivity contribution in [2.45, 2.75) is 33.2 Å². The second kappa shape index (κ2) is 7.29. The zero-order valence-corrected chi connectivity index (χ0v) is 14.1. The average molecular weight is 377 g/mol. The Morgan fingerprint density at radius 3 is 2.61 bits per heavy atom. The summed E-state index contributed by atoms with van der Waals surface area (Å²) in [7, 11) is 0. The second-order valence-corrected chi connectivity index (χ2v) is 6.48. The van der Waals surface area contributed by atoms with Gasteiger partial charge >= 0.3 is 0 Å². The Hall–Kier alpha value is -0.350. The molecule has 0 heterocycles. The van der Waals surface area contributed by atoms with E-state index in [4.69, 9.17) is 0 Å². The molecule has 1 aromatic rings. The monoisotopic (exact) mass is 375 g/mol. The van der Waals surface area contributed by atoms with Gasteiger partial charge in [-0.05, 0) is 37.0 Å². The Bertz CT molecular complexity index is 418. The van der Waals surface area contributed by atoms with Gasteiger partial charge in [-0.15, -0.1) is 0 Å². The number of nitrogens with one attached hydrogen (secondary N) is 1. The van der Waals surface area contributed by atoms with Crippen molar-refractivity contribution in [2.24, 2.45) is 5.92 Å². The van der Waals surface area contributed by atoms with Gasteiger partial charge in [0.15, 0.2) is 0 Å². The topological polar surface area (TPSA) is 29.1 Å². The minimum atomic E-state index is -0.00102. The molecule has 1 aromatic carbocycles. The van der Waals surface area contributed by atoms with Crippen LogP contribution in [0.4, 0.5) is 0 Å². The van der Waals surface area contributed by atoms with Gasteiger partial charge in [0.1, 0.15) is 0 Å². The zero-order chi connectivity index (χ0) is 13.7. The fraction of sp³-hybridized carbons (Fsp3) is 0.500. The Morgan fingerprint density at radius 2 is 2.06 bits per heavy atom. The van der Waals surface area contributed by atoms with Gasteiger partial charge in [0.25, 0.3) is 5.91 Å². The van der Waals surface area contributed by atoms with Crippen LogP contribution >= 0.6 is 31.9 Å². The van der Waals surface area contributed by atoms with Crippen LogP contribution in [0.5, 0.6) is 0 Å². The highest BCUT2D eigenvalue weighted by Crippen LogP contribution is 2.17. The quantitative estimate of drug-likeness (QED) is 0.762. The van der Waals surface area contributed by atoms with Gasteiger partial charge in [-0.2, -0.15) is 0 Å². The van der Waals surface area contributed by atoms with Gasteiger partial charge in [-0.25, -0.2) is 0 Å². The third-order valence-electron chi connectivity index (χ3n) is 2.72. The number of carbonyl (C=O) groups excluding carboxylic acids is 1. The Labute approximate surface area is 126 Å². The van der Waals surface area contributed by atoms with Crippen molar-refractivity contribution >= 4 is 37.8 Å². The van der Waals surface area contributed by atoms with Crippen molar-refractivity contribution in [2.75, 3.05) is 5.33 Å². The van der Waals surface area contributed by atoms with Crippen LogP contribution in [0.15, 0.2) is 22.7 Å². The van der Waals surface area contributed by atoms with E-state index in [0.29, 0.717) is 5.92 Å². The van der Waals surface area contributed by atoms with Crippen molar-refractivity contribution in [1.82, 2.24) is 5.32 Å². The summed E-state index contributed by atoms with van der Waals surface area (Å²) in [4.78, 5) is 12.2. The first-order valence-electron chi connectivity index (χ1n) is 6.07. The second-order valence-electron chi connectivity index (χ2n) is 4.91. The lowest BCUT2D eigenvalue weighted by Gasteiger charge is -2.19. The summed E-state index contributed by atoms with van der Waals surface area (Å²) in [6.07, 6.45) is 0.976. The highest BCUT2D eigenvalue weighted by molar-refractivity contribution is 9.10. The number of rotatable bonds is 5. The summed E-state index contributed by atoms with van der Waals surface area (Å²) in [5.41, 5.74) is 1.73. The van der Waals surface area contributed by atoms with Crippen molar-refractivity contribution in [1.29, 1.82) is 0 Å². The molecule has 100 valence electrons. The largest absolute Gasteiger partial charge is 0.348 e. The number of alkyl halides is 1. The number of halogens is 2. The zero-order valence-electron chi connectivity index (χ0n) is 11.0. The van der Waals surface area contributed by atoms with Gasteiger partial charge in [0, 0.05) is 21.4 Å². The lowest BCUT2D eigenvalue weighted by molar-refractivity contribution is 0.0936. The maximum atomic E-state index is 12.2. The molecule has 0 aliphatic carbocycles. The van der Waals surface area contributed by atoms with Crippen molar-refractivity contribution in [3.8, 4) is 0 Å². The van der Waals surface area contributed by atoms with Crippen LogP contribution in [0, 0.1) is 12.8 Å². The van der Waals surface area contributed by atoms with E-state index in [1.807, 2.05) is 25.1 Å². The first kappa shape index (κ1) is 15.7. The molecule has 4 heteroatoms. The summed E-state index contributed by atoms with van der Waals surface area (Å²) in [5.74, 6) is 0.565. The number of carbonyl (C=O) groups is 1. The Morgan fingerprint density at radius 1 is 1.39 bits per heavy atom. The van der Waals surface area contributed by atoms with E-state index >= 15 is 0 Å². The van der Waals surface area contributed by atoms with Crippen LogP contribution in [0.2, 0.25) is 0 Å². The summed E-state index contributed by atoms with van der Waals surface area (Å²) in [6.45, 7) is 6.27. The van der Waals surface area contributed by atoms with Crippen LogP contribution in [-0.2, 0) is 0 Å². The fourth-order valence-corrected chi connectivity index (χ4v) is 2.62. The molecule has 1 amide bonds. The highest BCUT2D eigenvalue weighted by atomic mass is 79.9. The van der Waals surface area contributed by atoms with Gasteiger partial charge in [0.05, 0.1) is 0 Å². The third kappa shape index (κ3) is 4.73. The lowest BCUT2D eigenvalue weighted by atomic mass is 10.0. The van der Waals surface area contributed by atoms with Crippen molar-refractivity contribution in [3.63, 3.8) is 0 Å². The third-order valence-corrected chi connectivity index (χ3v) is 4.00. The smallest absolute Gasteiger partial charge is 0.251 e. The molecule has 0 fully saturated rings. The van der Waals surface area contributed by atoms with Crippen LogP contribution in [0.25, 0.3) is 0 Å². The Kier molecular flexibility index (Phi) is 6.36. The molecule has 2 nitrogen and oxygen atoms in total. The Balaban J connectivity index is 2.77. The predicted octanol–water partition coefficient (Wildman–Crippen LogP) is 4.30. The molecular weight excluding hydrogens is 358 g/mol. The number of aryl methyl sites for hydroxylation is 1. The van der Waals surface area contributed by atoms with E-state index in [-0.39, 0.29) is 11.9 Å². The number of amides is 1. The van der Waals surface area contributed by atoms with E-state index in [0.717, 1.165) is 27.4 Å². The minimum absolute atomic E-state index is 0.00102. The summed E-state index contributed by atoms with van der Waals surface area (Å²) in [5, 5.41) is 3.86. The van der Waals surface area contributed by atoms with E-state index in [1.54, 1.807) is 0 Å². The van der Waals surface area contributed by atoms with Crippen molar-refractivity contribution < 1.29 is 4.79 Å². The molecule has 0 spiro atoms. The van der Waals surface area contributed by atoms with E-state index in [1.165, 1.54) is 0 Å². The number of hydrogen-bond donors (Lipinski definition) is 1. The normalized spacial score (nSPS) is 12.6. The molecule has 1 N–H and O–H groups in total. The maximum Gasteiger partial charge on any atom is 0.251 e. The van der Waals surface area contributed by atoms with Gasteiger partial charge < -0.3 is 5.32 Å². The van der Waals surface area contributed by atoms with Gasteiger partial charge in [0.2, 0.25) is 0 Å². The molecule has 0 bridgehead atoms. The van der Waals surface area contributed by atoms with Crippen LogP contribution in [0.3, 0.4) is 0 Å². The molecule has 0 aliphatic heterocycles. The van der Waals surface area contributed by atoms with Crippen LogP contribution in [0.1, 0.15) is 36.2 Å². The van der Waals surface area contributed by atoms with Gasteiger partial charge in [-0.3, -0.25) is 4.79 Å². The first-order valence-corrected chi connectivity index (χ1v) is 7.98.